The maximum Gasteiger partial charge on any atom is 0.262 e. The zero-order valence-corrected chi connectivity index (χ0v) is 19.5. The van der Waals surface area contributed by atoms with Gasteiger partial charge in [-0.2, -0.15) is 0 Å². The Labute approximate surface area is 208 Å². The number of hydrogen-bond donors (Lipinski definition) is 2. The lowest BCUT2D eigenvalue weighted by Crippen LogP contribution is -2.36. The van der Waals surface area contributed by atoms with Crippen molar-refractivity contribution in [3.8, 4) is 22.8 Å². The van der Waals surface area contributed by atoms with Gasteiger partial charge in [-0.3, -0.25) is 9.78 Å². The molecular formula is C27H25N5O4. The summed E-state index contributed by atoms with van der Waals surface area (Å²) in [7, 11) is 0. The zero-order chi connectivity index (χ0) is 24.9. The van der Waals surface area contributed by atoms with Crippen molar-refractivity contribution in [1.29, 1.82) is 0 Å². The lowest BCUT2D eigenvalue weighted by Gasteiger charge is -2.27. The van der Waals surface area contributed by atoms with Gasteiger partial charge in [0.1, 0.15) is 11.5 Å². The molecule has 1 saturated heterocycles. The van der Waals surface area contributed by atoms with Gasteiger partial charge in [0.25, 0.3) is 5.91 Å². The van der Waals surface area contributed by atoms with Crippen LogP contribution in [0.5, 0.6) is 11.5 Å². The fourth-order valence-corrected chi connectivity index (χ4v) is 4.05. The summed E-state index contributed by atoms with van der Waals surface area (Å²) in [6.07, 6.45) is 3.36. The molecule has 0 unspecified atom stereocenters. The molecule has 1 fully saturated rings. The van der Waals surface area contributed by atoms with Crippen molar-refractivity contribution in [2.24, 2.45) is 0 Å². The first-order chi connectivity index (χ1) is 17.6. The van der Waals surface area contributed by atoms with Crippen LogP contribution >= 0.6 is 0 Å². The number of amides is 1. The normalized spacial score (nSPS) is 13.4. The van der Waals surface area contributed by atoms with E-state index in [9.17, 15) is 15.0 Å². The van der Waals surface area contributed by atoms with Gasteiger partial charge in [0.15, 0.2) is 5.82 Å². The highest BCUT2D eigenvalue weighted by Crippen LogP contribution is 2.29. The van der Waals surface area contributed by atoms with Crippen LogP contribution in [-0.2, 0) is 11.3 Å². The van der Waals surface area contributed by atoms with Gasteiger partial charge in [-0.1, -0.05) is 18.2 Å². The Morgan fingerprint density at radius 3 is 2.44 bits per heavy atom. The summed E-state index contributed by atoms with van der Waals surface area (Å²) in [4.78, 5) is 21.3. The van der Waals surface area contributed by atoms with Crippen molar-refractivity contribution in [3.63, 3.8) is 0 Å². The third kappa shape index (κ3) is 5.11. The average Bonchev–Trinajstić information content (AvgIpc) is 2.93. The number of benzene rings is 2. The van der Waals surface area contributed by atoms with E-state index in [1.54, 1.807) is 23.4 Å². The van der Waals surface area contributed by atoms with Crippen molar-refractivity contribution in [2.45, 2.75) is 6.54 Å². The number of carbonyl (C=O) groups is 1. The Bertz CT molecular complexity index is 1320. The topological polar surface area (TPSA) is 112 Å². The van der Waals surface area contributed by atoms with Gasteiger partial charge in [0.2, 0.25) is 0 Å². The zero-order valence-electron chi connectivity index (χ0n) is 19.5. The number of ether oxygens (including phenoxy) is 1. The first kappa shape index (κ1) is 23.3. The molecular weight excluding hydrogens is 458 g/mol. The minimum Gasteiger partial charge on any atom is -0.508 e. The Morgan fingerprint density at radius 1 is 0.972 bits per heavy atom. The van der Waals surface area contributed by atoms with Crippen molar-refractivity contribution >= 4 is 17.4 Å². The van der Waals surface area contributed by atoms with Gasteiger partial charge in [-0.25, -0.2) is 0 Å². The third-order valence-corrected chi connectivity index (χ3v) is 5.98. The van der Waals surface area contributed by atoms with Crippen LogP contribution < -0.4 is 9.80 Å². The fraction of sp³-hybridized carbons (Fsp3) is 0.185. The van der Waals surface area contributed by atoms with E-state index in [0.29, 0.717) is 18.9 Å². The highest BCUT2D eigenvalue weighted by Gasteiger charge is 2.22. The summed E-state index contributed by atoms with van der Waals surface area (Å²) >= 11 is 0. The van der Waals surface area contributed by atoms with Crippen LogP contribution in [0, 0.1) is 0 Å². The summed E-state index contributed by atoms with van der Waals surface area (Å²) < 4.78 is 5.39. The monoisotopic (exact) mass is 483 g/mol. The summed E-state index contributed by atoms with van der Waals surface area (Å²) in [6.45, 7) is 3.20. The number of aromatic hydroxyl groups is 2. The predicted molar refractivity (Wildman–Crippen MR) is 135 cm³/mol. The molecule has 2 aromatic carbocycles. The van der Waals surface area contributed by atoms with E-state index >= 15 is 0 Å². The lowest BCUT2D eigenvalue weighted by atomic mass is 10.1. The van der Waals surface area contributed by atoms with Crippen molar-refractivity contribution in [1.82, 2.24) is 15.2 Å². The molecule has 0 bridgehead atoms. The van der Waals surface area contributed by atoms with Crippen LogP contribution in [0.4, 0.5) is 11.5 Å². The van der Waals surface area contributed by atoms with E-state index < -0.39 is 5.91 Å². The van der Waals surface area contributed by atoms with Crippen molar-refractivity contribution < 1.29 is 19.7 Å². The van der Waals surface area contributed by atoms with E-state index in [4.69, 9.17) is 4.74 Å². The number of phenols is 2. The molecule has 0 saturated carbocycles. The predicted octanol–water partition coefficient (Wildman–Crippen LogP) is 3.63. The molecule has 3 heterocycles. The van der Waals surface area contributed by atoms with Crippen molar-refractivity contribution in [3.05, 3.63) is 90.3 Å². The van der Waals surface area contributed by atoms with Crippen LogP contribution in [0.1, 0.15) is 15.9 Å². The molecule has 1 aliphatic heterocycles. The number of pyridine rings is 1. The van der Waals surface area contributed by atoms with E-state index in [0.717, 1.165) is 41.8 Å². The molecule has 1 aliphatic rings. The van der Waals surface area contributed by atoms with E-state index in [1.165, 1.54) is 12.1 Å². The van der Waals surface area contributed by atoms with Crippen molar-refractivity contribution in [2.75, 3.05) is 36.1 Å². The smallest absolute Gasteiger partial charge is 0.262 e. The number of hydrogen-bond acceptors (Lipinski definition) is 8. The number of morpholine rings is 1. The Morgan fingerprint density at radius 2 is 1.78 bits per heavy atom. The minimum absolute atomic E-state index is 0.0883. The second-order valence-electron chi connectivity index (χ2n) is 8.38. The van der Waals surface area contributed by atoms with E-state index in [2.05, 4.69) is 20.1 Å². The van der Waals surface area contributed by atoms with E-state index in [1.807, 2.05) is 42.5 Å². The molecule has 9 heteroatoms. The van der Waals surface area contributed by atoms with Crippen LogP contribution in [-0.4, -0.2) is 57.6 Å². The van der Waals surface area contributed by atoms with Crippen LogP contribution in [0.25, 0.3) is 11.3 Å². The molecule has 2 N–H and O–H groups in total. The first-order valence-corrected chi connectivity index (χ1v) is 11.6. The lowest BCUT2D eigenvalue weighted by molar-refractivity contribution is 0.0982. The van der Waals surface area contributed by atoms with E-state index in [-0.39, 0.29) is 23.6 Å². The molecule has 0 aliphatic carbocycles. The number of anilines is 2. The summed E-state index contributed by atoms with van der Waals surface area (Å²) in [5.74, 6) is 0.00998. The Balaban J connectivity index is 1.41. The first-order valence-electron chi connectivity index (χ1n) is 11.6. The second-order valence-corrected chi connectivity index (χ2v) is 8.38. The number of aromatic nitrogens is 3. The summed E-state index contributed by atoms with van der Waals surface area (Å²) in [5, 5.41) is 28.7. The summed E-state index contributed by atoms with van der Waals surface area (Å²) in [6, 6.07) is 18.9. The van der Waals surface area contributed by atoms with Crippen LogP contribution in [0.3, 0.4) is 0 Å². The standard InChI is InChI=1S/C27H25N5O4/c33-22-7-8-23(25(34)16-22)27(35)32(18-19-2-1-11-28-17-19)21-5-3-20(4-6-21)24-9-10-26(30-29-24)31-12-14-36-15-13-31/h1-11,16-17,33-34H,12-15,18H2. The molecule has 0 spiro atoms. The highest BCUT2D eigenvalue weighted by molar-refractivity contribution is 6.08. The SMILES string of the molecule is O=C(c1ccc(O)cc1O)N(Cc1cccnc1)c1ccc(-c2ccc(N3CCOCC3)nn2)cc1. The third-order valence-electron chi connectivity index (χ3n) is 5.98. The summed E-state index contributed by atoms with van der Waals surface area (Å²) in [5.41, 5.74) is 3.14. The molecule has 9 nitrogen and oxygen atoms in total. The van der Waals surface area contributed by atoms with Gasteiger partial charge < -0.3 is 24.7 Å². The number of carbonyl (C=O) groups excluding carboxylic acids is 1. The highest BCUT2D eigenvalue weighted by atomic mass is 16.5. The maximum atomic E-state index is 13.5. The largest absolute Gasteiger partial charge is 0.508 e. The molecule has 182 valence electrons. The van der Waals surface area contributed by atoms with Gasteiger partial charge in [0, 0.05) is 42.8 Å². The molecule has 2 aromatic heterocycles. The molecule has 1 amide bonds. The molecule has 0 radical (unpaired) electrons. The molecule has 36 heavy (non-hydrogen) atoms. The minimum atomic E-state index is -0.404. The van der Waals surface area contributed by atoms with Gasteiger partial charge in [0.05, 0.1) is 31.0 Å². The average molecular weight is 484 g/mol. The van der Waals surface area contributed by atoms with Gasteiger partial charge >= 0.3 is 0 Å². The maximum absolute atomic E-state index is 13.5. The van der Waals surface area contributed by atoms with Gasteiger partial charge in [-0.05, 0) is 48.0 Å². The Hall–Kier alpha value is -4.50. The van der Waals surface area contributed by atoms with Gasteiger partial charge in [-0.15, -0.1) is 10.2 Å². The molecule has 4 aromatic rings. The molecule has 0 atom stereocenters. The number of nitrogens with zero attached hydrogens (tertiary/aromatic N) is 5. The number of rotatable bonds is 6. The fourth-order valence-electron chi connectivity index (χ4n) is 4.05. The van der Waals surface area contributed by atoms with Crippen LogP contribution in [0.15, 0.2) is 79.1 Å². The quantitative estimate of drug-likeness (QED) is 0.428. The molecule has 5 rings (SSSR count). The second kappa shape index (κ2) is 10.4. The number of phenolic OH excluding ortho intramolecular Hbond substituents is 2. The van der Waals surface area contributed by atoms with Crippen LogP contribution in [0.2, 0.25) is 0 Å². The Kier molecular flexibility index (Phi) is 6.72.